The third-order valence-electron chi connectivity index (χ3n) is 4.31. The fraction of sp³-hybridized carbons (Fsp3) is 0.529. The van der Waals surface area contributed by atoms with E-state index in [-0.39, 0.29) is 5.28 Å². The van der Waals surface area contributed by atoms with E-state index in [9.17, 15) is 0 Å². The van der Waals surface area contributed by atoms with Crippen molar-refractivity contribution in [1.82, 2.24) is 19.8 Å². The van der Waals surface area contributed by atoms with Crippen molar-refractivity contribution in [2.75, 3.05) is 53.5 Å². The number of likely N-dealkylation sites (N-methyl/N-ethyl adjacent to an activating group) is 1. The SMILES string of the molecule is COc1cc2cnc(Cl)nc2cc1OCCCN1CCN(C)CC1. The Kier molecular flexibility index (Phi) is 5.71. The van der Waals surface area contributed by atoms with Gasteiger partial charge in [0.2, 0.25) is 5.28 Å². The van der Waals surface area contributed by atoms with Crippen LogP contribution < -0.4 is 9.47 Å². The van der Waals surface area contributed by atoms with Gasteiger partial charge in [0, 0.05) is 50.4 Å². The van der Waals surface area contributed by atoms with Gasteiger partial charge in [-0.1, -0.05) is 0 Å². The number of halogens is 1. The molecule has 1 aromatic heterocycles. The zero-order valence-electron chi connectivity index (χ0n) is 14.2. The number of benzene rings is 1. The molecule has 0 unspecified atom stereocenters. The molecule has 2 aromatic rings. The molecule has 0 spiro atoms. The third kappa shape index (κ3) is 4.26. The van der Waals surface area contributed by atoms with Gasteiger partial charge in [-0.2, -0.15) is 0 Å². The molecule has 6 nitrogen and oxygen atoms in total. The van der Waals surface area contributed by atoms with Crippen LogP contribution in [-0.2, 0) is 0 Å². The number of rotatable bonds is 6. The number of ether oxygens (including phenoxy) is 2. The maximum Gasteiger partial charge on any atom is 0.222 e. The fourth-order valence-corrected chi connectivity index (χ4v) is 2.97. The van der Waals surface area contributed by atoms with Crippen molar-refractivity contribution >= 4 is 22.5 Å². The van der Waals surface area contributed by atoms with Gasteiger partial charge >= 0.3 is 0 Å². The van der Waals surface area contributed by atoms with Gasteiger partial charge in [-0.15, -0.1) is 0 Å². The van der Waals surface area contributed by atoms with E-state index in [4.69, 9.17) is 21.1 Å². The molecule has 0 amide bonds. The summed E-state index contributed by atoms with van der Waals surface area (Å²) in [6.45, 7) is 6.24. The van der Waals surface area contributed by atoms with E-state index in [0.29, 0.717) is 18.1 Å². The van der Waals surface area contributed by atoms with Gasteiger partial charge in [-0.25, -0.2) is 9.97 Å². The standard InChI is InChI=1S/C17H23ClN4O2/c1-21-5-7-22(8-6-21)4-3-9-24-16-11-14-13(10-15(16)23-2)12-19-17(18)20-14/h10-12H,3-9H2,1-2H3. The Bertz CT molecular complexity index is 690. The highest BCUT2D eigenvalue weighted by molar-refractivity contribution is 6.28. The van der Waals surface area contributed by atoms with Crippen molar-refractivity contribution in [3.63, 3.8) is 0 Å². The average molecular weight is 351 g/mol. The van der Waals surface area contributed by atoms with E-state index in [1.807, 2.05) is 12.1 Å². The summed E-state index contributed by atoms with van der Waals surface area (Å²) in [6, 6.07) is 3.74. The highest BCUT2D eigenvalue weighted by atomic mass is 35.5. The normalized spacial score (nSPS) is 16.5. The van der Waals surface area contributed by atoms with Gasteiger partial charge < -0.3 is 19.3 Å². The summed E-state index contributed by atoms with van der Waals surface area (Å²) in [5.41, 5.74) is 0.755. The second-order valence-electron chi connectivity index (χ2n) is 6.05. The van der Waals surface area contributed by atoms with E-state index in [2.05, 4.69) is 26.8 Å². The van der Waals surface area contributed by atoms with Crippen LogP contribution in [0.3, 0.4) is 0 Å². The highest BCUT2D eigenvalue weighted by Crippen LogP contribution is 2.31. The number of piperazine rings is 1. The smallest absolute Gasteiger partial charge is 0.222 e. The summed E-state index contributed by atoms with van der Waals surface area (Å²) >= 11 is 5.86. The van der Waals surface area contributed by atoms with Crippen molar-refractivity contribution in [2.24, 2.45) is 0 Å². The molecule has 0 saturated carbocycles. The second-order valence-corrected chi connectivity index (χ2v) is 6.39. The Morgan fingerprint density at radius 1 is 1.17 bits per heavy atom. The summed E-state index contributed by atoms with van der Waals surface area (Å²) in [5.74, 6) is 1.38. The predicted molar refractivity (Wildman–Crippen MR) is 95.1 cm³/mol. The van der Waals surface area contributed by atoms with Crippen LogP contribution >= 0.6 is 11.6 Å². The van der Waals surface area contributed by atoms with Crippen LogP contribution in [0.4, 0.5) is 0 Å². The molecule has 1 fully saturated rings. The number of hydrogen-bond donors (Lipinski definition) is 0. The van der Waals surface area contributed by atoms with E-state index in [0.717, 1.165) is 50.0 Å². The first-order valence-corrected chi connectivity index (χ1v) is 8.57. The van der Waals surface area contributed by atoms with E-state index in [1.54, 1.807) is 13.3 Å². The maximum absolute atomic E-state index is 5.92. The lowest BCUT2D eigenvalue weighted by Crippen LogP contribution is -2.44. The van der Waals surface area contributed by atoms with Gasteiger partial charge in [-0.05, 0) is 31.1 Å². The maximum atomic E-state index is 5.92. The molecule has 130 valence electrons. The highest BCUT2D eigenvalue weighted by Gasteiger charge is 2.13. The Morgan fingerprint density at radius 2 is 1.96 bits per heavy atom. The zero-order valence-corrected chi connectivity index (χ0v) is 14.9. The molecule has 0 bridgehead atoms. The van der Waals surface area contributed by atoms with Gasteiger partial charge in [0.05, 0.1) is 19.2 Å². The number of aromatic nitrogens is 2. The Hall–Kier alpha value is -1.63. The minimum Gasteiger partial charge on any atom is -0.493 e. The molecule has 24 heavy (non-hydrogen) atoms. The Morgan fingerprint density at radius 3 is 2.71 bits per heavy atom. The van der Waals surface area contributed by atoms with Gasteiger partial charge in [0.15, 0.2) is 11.5 Å². The first kappa shape index (κ1) is 17.2. The molecule has 2 heterocycles. The van der Waals surface area contributed by atoms with Crippen molar-refractivity contribution in [2.45, 2.75) is 6.42 Å². The second kappa shape index (κ2) is 7.96. The lowest BCUT2D eigenvalue weighted by Gasteiger charge is -2.32. The van der Waals surface area contributed by atoms with Crippen molar-refractivity contribution in [1.29, 1.82) is 0 Å². The number of nitrogens with zero attached hydrogens (tertiary/aromatic N) is 4. The van der Waals surface area contributed by atoms with Gasteiger partial charge in [0.25, 0.3) is 0 Å². The molecule has 1 saturated heterocycles. The van der Waals surface area contributed by atoms with Crippen LogP contribution in [0.2, 0.25) is 5.28 Å². The summed E-state index contributed by atoms with van der Waals surface area (Å²) in [4.78, 5) is 13.1. The minimum atomic E-state index is 0.230. The molecule has 0 aliphatic carbocycles. The molecule has 1 aliphatic heterocycles. The van der Waals surface area contributed by atoms with E-state index in [1.165, 1.54) is 0 Å². The molecule has 3 rings (SSSR count). The summed E-state index contributed by atoms with van der Waals surface area (Å²) < 4.78 is 11.3. The molecule has 1 aromatic carbocycles. The quantitative estimate of drug-likeness (QED) is 0.588. The number of methoxy groups -OCH3 is 1. The van der Waals surface area contributed by atoms with Crippen molar-refractivity contribution in [3.8, 4) is 11.5 Å². The predicted octanol–water partition coefficient (Wildman–Crippen LogP) is 2.31. The fourth-order valence-electron chi connectivity index (χ4n) is 2.83. The average Bonchev–Trinajstić information content (AvgIpc) is 2.59. The third-order valence-corrected chi connectivity index (χ3v) is 4.49. The van der Waals surface area contributed by atoms with Crippen LogP contribution in [0.25, 0.3) is 10.9 Å². The van der Waals surface area contributed by atoms with Crippen LogP contribution in [0.1, 0.15) is 6.42 Å². The molecule has 7 heteroatoms. The zero-order chi connectivity index (χ0) is 16.9. The molecular weight excluding hydrogens is 328 g/mol. The van der Waals surface area contributed by atoms with E-state index >= 15 is 0 Å². The monoisotopic (exact) mass is 350 g/mol. The largest absolute Gasteiger partial charge is 0.493 e. The van der Waals surface area contributed by atoms with Crippen molar-refractivity contribution < 1.29 is 9.47 Å². The summed E-state index contributed by atoms with van der Waals surface area (Å²) in [6.07, 6.45) is 2.67. The minimum absolute atomic E-state index is 0.230. The summed E-state index contributed by atoms with van der Waals surface area (Å²) in [5, 5.41) is 1.11. The first-order valence-electron chi connectivity index (χ1n) is 8.19. The Balaban J connectivity index is 1.58. The lowest BCUT2D eigenvalue weighted by atomic mass is 10.2. The molecular formula is C17H23ClN4O2. The van der Waals surface area contributed by atoms with Gasteiger partial charge in [0.1, 0.15) is 0 Å². The first-order chi connectivity index (χ1) is 11.7. The van der Waals surface area contributed by atoms with Crippen LogP contribution in [0.5, 0.6) is 11.5 Å². The molecule has 0 N–H and O–H groups in total. The number of fused-ring (bicyclic) bond motifs is 1. The Labute approximate surface area is 147 Å². The van der Waals surface area contributed by atoms with Crippen LogP contribution in [0, 0.1) is 0 Å². The topological polar surface area (TPSA) is 50.7 Å². The van der Waals surface area contributed by atoms with Crippen LogP contribution in [0.15, 0.2) is 18.3 Å². The molecule has 1 aliphatic rings. The lowest BCUT2D eigenvalue weighted by molar-refractivity contribution is 0.145. The molecule has 0 radical (unpaired) electrons. The van der Waals surface area contributed by atoms with Crippen LogP contribution in [-0.4, -0.2) is 73.3 Å². The van der Waals surface area contributed by atoms with E-state index < -0.39 is 0 Å². The number of hydrogen-bond acceptors (Lipinski definition) is 6. The summed E-state index contributed by atoms with van der Waals surface area (Å²) in [7, 11) is 3.80. The van der Waals surface area contributed by atoms with Crippen molar-refractivity contribution in [3.05, 3.63) is 23.6 Å². The van der Waals surface area contributed by atoms with Gasteiger partial charge in [-0.3, -0.25) is 0 Å². The molecule has 0 atom stereocenters.